The second-order valence-electron chi connectivity index (χ2n) is 3.45. The lowest BCUT2D eigenvalue weighted by molar-refractivity contribution is 0.272. The van der Waals surface area contributed by atoms with Gasteiger partial charge in [0.2, 0.25) is 0 Å². The lowest BCUT2D eigenvalue weighted by atomic mass is 10.1. The lowest BCUT2D eigenvalue weighted by Crippen LogP contribution is -2.23. The first-order valence-electron chi connectivity index (χ1n) is 5.30. The number of ether oxygens (including phenoxy) is 1. The van der Waals surface area contributed by atoms with Gasteiger partial charge in [-0.05, 0) is 17.7 Å². The Labute approximate surface area is 104 Å². The maximum atomic E-state index is 12.0. The number of hydrogen-bond acceptors (Lipinski definition) is 3. The molecule has 0 spiro atoms. The Morgan fingerprint density at radius 1 is 1.44 bits per heavy atom. The summed E-state index contributed by atoms with van der Waals surface area (Å²) in [6.07, 6.45) is 0. The van der Waals surface area contributed by atoms with Crippen LogP contribution < -0.4 is 10.1 Å². The second-order valence-corrected chi connectivity index (χ2v) is 3.45. The summed E-state index contributed by atoms with van der Waals surface area (Å²) in [5, 5.41) is 18.6. The van der Waals surface area contributed by atoms with Crippen molar-refractivity contribution in [1.82, 2.24) is 5.32 Å². The molecule has 0 aliphatic heterocycles. The quantitative estimate of drug-likeness (QED) is 0.601. The fraction of sp³-hybridized carbons (Fsp3) is 0.333. The van der Waals surface area contributed by atoms with Crippen LogP contribution in [0.5, 0.6) is 5.75 Å². The summed E-state index contributed by atoms with van der Waals surface area (Å²) in [7, 11) is 0. The predicted octanol–water partition coefficient (Wildman–Crippen LogP) is 1.94. The summed E-state index contributed by atoms with van der Waals surface area (Å²) < 4.78 is 29.1. The van der Waals surface area contributed by atoms with E-state index in [0.29, 0.717) is 5.75 Å². The average Bonchev–Trinajstić information content (AvgIpc) is 2.42. The molecule has 18 heavy (non-hydrogen) atoms. The highest BCUT2D eigenvalue weighted by molar-refractivity contribution is 5.79. The largest absolute Gasteiger partial charge is 0.489 e. The van der Waals surface area contributed by atoms with E-state index >= 15 is 0 Å². The summed E-state index contributed by atoms with van der Waals surface area (Å²) in [6, 6.07) is 6.74. The summed E-state index contributed by atoms with van der Waals surface area (Å²) in [4.78, 5) is 0. The van der Waals surface area contributed by atoms with Gasteiger partial charge >= 0.3 is 0 Å². The third-order valence-corrected chi connectivity index (χ3v) is 2.14. The lowest BCUT2D eigenvalue weighted by Gasteiger charge is -2.09. The first kappa shape index (κ1) is 13.9. The molecule has 96 valence electrons. The highest BCUT2D eigenvalue weighted by atomic mass is 19.1. The van der Waals surface area contributed by atoms with E-state index in [2.05, 4.69) is 5.32 Å². The number of amidine groups is 1. The Morgan fingerprint density at radius 3 is 2.83 bits per heavy atom. The molecule has 0 atom stereocenters. The Balaban J connectivity index is 2.73. The Morgan fingerprint density at radius 2 is 2.22 bits per heavy atom. The molecule has 0 aliphatic carbocycles. The zero-order chi connectivity index (χ0) is 13.4. The Hall–Kier alpha value is -2.16. The molecule has 0 aromatic heterocycles. The van der Waals surface area contributed by atoms with Gasteiger partial charge in [-0.2, -0.15) is 5.26 Å². The fourth-order valence-corrected chi connectivity index (χ4v) is 1.30. The number of nitrogens with one attached hydrogen (secondary N) is 2. The van der Waals surface area contributed by atoms with Crippen LogP contribution in [0.1, 0.15) is 11.1 Å². The van der Waals surface area contributed by atoms with Gasteiger partial charge in [-0.3, -0.25) is 5.41 Å². The van der Waals surface area contributed by atoms with Crippen molar-refractivity contribution in [3.05, 3.63) is 29.3 Å². The molecular weight excluding hydrogens is 240 g/mol. The van der Waals surface area contributed by atoms with Crippen LogP contribution in [0, 0.1) is 16.7 Å². The third kappa shape index (κ3) is 4.01. The van der Waals surface area contributed by atoms with E-state index in [4.69, 9.17) is 15.4 Å². The van der Waals surface area contributed by atoms with Crippen molar-refractivity contribution >= 4 is 5.84 Å². The van der Waals surface area contributed by atoms with E-state index in [1.807, 2.05) is 6.07 Å². The van der Waals surface area contributed by atoms with Gasteiger partial charge in [-0.1, -0.05) is 6.07 Å². The van der Waals surface area contributed by atoms with Gasteiger partial charge in [-0.15, -0.1) is 0 Å². The van der Waals surface area contributed by atoms with Crippen molar-refractivity contribution in [2.24, 2.45) is 0 Å². The Bertz CT molecular complexity index is 457. The van der Waals surface area contributed by atoms with Crippen LogP contribution in [0.25, 0.3) is 0 Å². The van der Waals surface area contributed by atoms with Crippen molar-refractivity contribution in [2.75, 3.05) is 20.0 Å². The van der Waals surface area contributed by atoms with Crippen molar-refractivity contribution in [1.29, 1.82) is 10.7 Å². The first-order chi connectivity index (χ1) is 8.71. The van der Waals surface area contributed by atoms with E-state index < -0.39 is 13.3 Å². The summed E-state index contributed by atoms with van der Waals surface area (Å²) >= 11 is 0. The van der Waals surface area contributed by atoms with Crippen molar-refractivity contribution in [3.63, 3.8) is 0 Å². The van der Waals surface area contributed by atoms with Gasteiger partial charge in [0.15, 0.2) is 0 Å². The minimum absolute atomic E-state index is 0.0984. The molecule has 0 fully saturated rings. The second kappa shape index (κ2) is 7.22. The molecule has 1 aromatic rings. The fourth-order valence-electron chi connectivity index (χ4n) is 1.30. The molecule has 0 saturated carbocycles. The maximum Gasteiger partial charge on any atom is 0.146 e. The van der Waals surface area contributed by atoms with Gasteiger partial charge in [0.1, 0.15) is 37.6 Å². The Kier molecular flexibility index (Phi) is 5.58. The number of halogens is 2. The van der Waals surface area contributed by atoms with E-state index in [9.17, 15) is 8.78 Å². The first-order valence-corrected chi connectivity index (χ1v) is 5.30. The molecule has 1 aromatic carbocycles. The highest BCUT2D eigenvalue weighted by Gasteiger charge is 2.05. The molecule has 0 bridgehead atoms. The number of benzene rings is 1. The van der Waals surface area contributed by atoms with Crippen molar-refractivity contribution in [3.8, 4) is 11.8 Å². The zero-order valence-corrected chi connectivity index (χ0v) is 9.67. The number of nitrogens with zero attached hydrogens (tertiary/aromatic N) is 1. The average molecular weight is 253 g/mol. The van der Waals surface area contributed by atoms with E-state index in [0.717, 1.165) is 5.56 Å². The van der Waals surface area contributed by atoms with Gasteiger partial charge in [-0.25, -0.2) is 8.78 Å². The molecule has 0 radical (unpaired) electrons. The number of hydrogen-bond donors (Lipinski definition) is 2. The molecule has 0 amide bonds. The minimum Gasteiger partial charge on any atom is -0.489 e. The van der Waals surface area contributed by atoms with Crippen molar-refractivity contribution in [2.45, 2.75) is 6.54 Å². The van der Waals surface area contributed by atoms with Gasteiger partial charge < -0.3 is 10.1 Å². The molecule has 0 aliphatic rings. The van der Waals surface area contributed by atoms with Crippen LogP contribution in [-0.4, -0.2) is 25.8 Å². The summed E-state index contributed by atoms with van der Waals surface area (Å²) in [5.74, 6) is 0.103. The molecule has 2 N–H and O–H groups in total. The van der Waals surface area contributed by atoms with Crippen LogP contribution in [0.15, 0.2) is 18.2 Å². The van der Waals surface area contributed by atoms with Crippen LogP contribution in [0.3, 0.4) is 0 Å². The molecule has 0 saturated heterocycles. The zero-order valence-electron chi connectivity index (χ0n) is 9.67. The smallest absolute Gasteiger partial charge is 0.146 e. The highest BCUT2D eigenvalue weighted by Crippen LogP contribution is 2.19. The van der Waals surface area contributed by atoms with Crippen LogP contribution in [0.4, 0.5) is 8.78 Å². The van der Waals surface area contributed by atoms with Gasteiger partial charge in [0, 0.05) is 6.54 Å². The molecule has 1 rings (SSSR count). The van der Waals surface area contributed by atoms with E-state index in [1.54, 1.807) is 18.2 Å². The molecule has 0 unspecified atom stereocenters. The predicted molar refractivity (Wildman–Crippen MR) is 63.2 cm³/mol. The SMILES string of the molecule is N#Cc1cc(CNC(=N)CF)ccc1OCCF. The number of alkyl halides is 2. The van der Waals surface area contributed by atoms with Gasteiger partial charge in [0.25, 0.3) is 0 Å². The van der Waals surface area contributed by atoms with Crippen molar-refractivity contribution < 1.29 is 13.5 Å². The normalized spacial score (nSPS) is 9.61. The number of rotatable bonds is 6. The van der Waals surface area contributed by atoms with Crippen LogP contribution in [0.2, 0.25) is 0 Å². The number of nitriles is 1. The molecule has 4 nitrogen and oxygen atoms in total. The van der Waals surface area contributed by atoms with E-state index in [-0.39, 0.29) is 24.6 Å². The maximum absolute atomic E-state index is 12.0. The minimum atomic E-state index is -0.858. The monoisotopic (exact) mass is 253 g/mol. The standard InChI is InChI=1S/C12H13F2N3O/c13-3-4-18-11-2-1-9(5-10(11)7-15)8-17-12(16)6-14/h1-2,5H,3-4,6,8H2,(H2,16,17). The van der Waals surface area contributed by atoms with Crippen LogP contribution >= 0.6 is 0 Å². The topological polar surface area (TPSA) is 68.9 Å². The third-order valence-electron chi connectivity index (χ3n) is 2.14. The van der Waals surface area contributed by atoms with E-state index in [1.165, 1.54) is 0 Å². The molecule has 0 heterocycles. The summed E-state index contributed by atoms with van der Waals surface area (Å²) in [5.41, 5.74) is 1.01. The molecule has 6 heteroatoms. The van der Waals surface area contributed by atoms with Gasteiger partial charge in [0.05, 0.1) is 5.56 Å². The molecular formula is C12H13F2N3O. The van der Waals surface area contributed by atoms with Crippen LogP contribution in [-0.2, 0) is 6.54 Å². The summed E-state index contributed by atoms with van der Waals surface area (Å²) in [6.45, 7) is -1.33.